The molecule has 3 rings (SSSR count). The monoisotopic (exact) mass is 259 g/mol. The number of aliphatic carboxylic acids is 1. The number of carboxylic acids is 1. The van der Waals surface area contributed by atoms with Gasteiger partial charge in [-0.15, -0.1) is 0 Å². The van der Waals surface area contributed by atoms with Crippen molar-refractivity contribution >= 4 is 17.0 Å². The van der Waals surface area contributed by atoms with E-state index in [2.05, 4.69) is 4.98 Å². The second-order valence-corrected chi connectivity index (χ2v) is 5.40. The molecule has 1 atom stereocenters. The minimum Gasteiger partial charge on any atom is -0.481 e. The van der Waals surface area contributed by atoms with Crippen LogP contribution in [-0.4, -0.2) is 20.6 Å². The van der Waals surface area contributed by atoms with Gasteiger partial charge >= 0.3 is 5.97 Å². The van der Waals surface area contributed by atoms with Crippen LogP contribution in [0.3, 0.4) is 0 Å². The maximum Gasteiger partial charge on any atom is 0.311 e. The van der Waals surface area contributed by atoms with Gasteiger partial charge in [-0.2, -0.15) is 0 Å². The quantitative estimate of drug-likeness (QED) is 0.881. The molecule has 0 saturated heterocycles. The van der Waals surface area contributed by atoms with E-state index < -0.39 is 17.4 Å². The first-order valence-corrected chi connectivity index (χ1v) is 6.44. The van der Waals surface area contributed by atoms with Crippen LogP contribution < -0.4 is 5.73 Å². The predicted molar refractivity (Wildman–Crippen MR) is 71.6 cm³/mol. The summed E-state index contributed by atoms with van der Waals surface area (Å²) in [5.74, 6) is -0.785. The number of imidazole rings is 1. The molecule has 19 heavy (non-hydrogen) atoms. The van der Waals surface area contributed by atoms with Crippen LogP contribution in [0.25, 0.3) is 11.0 Å². The molecular weight excluding hydrogens is 242 g/mol. The number of nitrogens with two attached hydrogens (primary N) is 1. The summed E-state index contributed by atoms with van der Waals surface area (Å²) in [6.07, 6.45) is 4.00. The molecule has 1 heterocycles. The van der Waals surface area contributed by atoms with Gasteiger partial charge in [-0.3, -0.25) is 4.79 Å². The fourth-order valence-corrected chi connectivity index (χ4v) is 2.88. The number of carbonyl (C=O) groups is 1. The summed E-state index contributed by atoms with van der Waals surface area (Å²) in [5, 5.41) is 9.43. The van der Waals surface area contributed by atoms with Crippen LogP contribution in [0, 0.1) is 5.41 Å². The van der Waals surface area contributed by atoms with E-state index in [1.807, 2.05) is 29.8 Å². The summed E-state index contributed by atoms with van der Waals surface area (Å²) in [4.78, 5) is 15.8. The van der Waals surface area contributed by atoms with Crippen molar-refractivity contribution in [1.29, 1.82) is 0 Å². The third kappa shape index (κ3) is 1.65. The Hall–Kier alpha value is -1.88. The van der Waals surface area contributed by atoms with Gasteiger partial charge in [0, 0.05) is 13.1 Å². The van der Waals surface area contributed by atoms with E-state index in [0.717, 1.165) is 23.0 Å². The summed E-state index contributed by atoms with van der Waals surface area (Å²) in [6.45, 7) is 0. The molecule has 0 radical (unpaired) electrons. The molecule has 0 bridgehead atoms. The van der Waals surface area contributed by atoms with Crippen molar-refractivity contribution in [3.63, 3.8) is 0 Å². The first-order chi connectivity index (χ1) is 9.04. The Labute approximate surface area is 111 Å². The third-order valence-corrected chi connectivity index (χ3v) is 4.38. The SMILES string of the molecule is Cn1cnc2cc(C(N)C3(C(=O)O)CCC3)ccc21. The number of fused-ring (bicyclic) bond motifs is 1. The Bertz CT molecular complexity index is 643. The molecule has 1 aromatic carbocycles. The molecule has 5 heteroatoms. The van der Waals surface area contributed by atoms with E-state index in [1.54, 1.807) is 6.33 Å². The molecule has 0 amide bonds. The highest BCUT2D eigenvalue weighted by molar-refractivity contribution is 5.79. The average molecular weight is 259 g/mol. The molecule has 1 fully saturated rings. The Balaban J connectivity index is 2.01. The Morgan fingerprint density at radius 2 is 2.26 bits per heavy atom. The highest BCUT2D eigenvalue weighted by Gasteiger charge is 2.49. The zero-order valence-electron chi connectivity index (χ0n) is 10.8. The van der Waals surface area contributed by atoms with Gasteiger partial charge in [-0.05, 0) is 30.5 Å². The van der Waals surface area contributed by atoms with Gasteiger partial charge in [-0.1, -0.05) is 12.5 Å². The average Bonchev–Trinajstić information content (AvgIpc) is 2.68. The van der Waals surface area contributed by atoms with Crippen molar-refractivity contribution in [3.8, 4) is 0 Å². The lowest BCUT2D eigenvalue weighted by molar-refractivity contribution is -0.156. The number of benzene rings is 1. The lowest BCUT2D eigenvalue weighted by Crippen LogP contribution is -2.46. The highest BCUT2D eigenvalue weighted by Crippen LogP contribution is 2.49. The fourth-order valence-electron chi connectivity index (χ4n) is 2.88. The smallest absolute Gasteiger partial charge is 0.311 e. The number of nitrogens with zero attached hydrogens (tertiary/aromatic N) is 2. The second-order valence-electron chi connectivity index (χ2n) is 5.40. The van der Waals surface area contributed by atoms with Gasteiger partial charge in [0.25, 0.3) is 0 Å². The summed E-state index contributed by atoms with van der Waals surface area (Å²) < 4.78 is 1.93. The molecule has 0 spiro atoms. The van der Waals surface area contributed by atoms with Crippen LogP contribution in [0.2, 0.25) is 0 Å². The number of hydrogen-bond acceptors (Lipinski definition) is 3. The molecule has 0 aliphatic heterocycles. The zero-order valence-corrected chi connectivity index (χ0v) is 10.8. The van der Waals surface area contributed by atoms with Crippen molar-refractivity contribution in [2.45, 2.75) is 25.3 Å². The van der Waals surface area contributed by atoms with Crippen LogP contribution in [0.1, 0.15) is 30.9 Å². The summed E-state index contributed by atoms with van der Waals surface area (Å²) in [7, 11) is 1.93. The Morgan fingerprint density at radius 1 is 1.53 bits per heavy atom. The van der Waals surface area contributed by atoms with Crippen LogP contribution in [0.15, 0.2) is 24.5 Å². The molecular formula is C14H17N3O2. The zero-order chi connectivity index (χ0) is 13.6. The number of rotatable bonds is 3. The van der Waals surface area contributed by atoms with Crippen molar-refractivity contribution in [2.75, 3.05) is 0 Å². The van der Waals surface area contributed by atoms with Crippen molar-refractivity contribution in [3.05, 3.63) is 30.1 Å². The predicted octanol–water partition coefficient (Wildman–Crippen LogP) is 1.83. The van der Waals surface area contributed by atoms with Crippen molar-refractivity contribution in [2.24, 2.45) is 18.2 Å². The molecule has 1 aromatic heterocycles. The van der Waals surface area contributed by atoms with E-state index in [4.69, 9.17) is 5.73 Å². The maximum absolute atomic E-state index is 11.5. The molecule has 1 unspecified atom stereocenters. The Kier molecular flexibility index (Phi) is 2.60. The normalized spacial score (nSPS) is 19.1. The van der Waals surface area contributed by atoms with Gasteiger partial charge < -0.3 is 15.4 Å². The first kappa shape index (κ1) is 12.2. The number of aryl methyl sites for hydroxylation is 1. The van der Waals surface area contributed by atoms with E-state index in [-0.39, 0.29) is 0 Å². The molecule has 1 aliphatic rings. The van der Waals surface area contributed by atoms with Crippen LogP contribution >= 0.6 is 0 Å². The van der Waals surface area contributed by atoms with Crippen molar-refractivity contribution in [1.82, 2.24) is 9.55 Å². The summed E-state index contributed by atoms with van der Waals surface area (Å²) in [5.41, 5.74) is 8.16. The second kappa shape index (κ2) is 4.06. The summed E-state index contributed by atoms with van der Waals surface area (Å²) in [6, 6.07) is 5.30. The van der Waals surface area contributed by atoms with Gasteiger partial charge in [0.1, 0.15) is 0 Å². The highest BCUT2D eigenvalue weighted by atomic mass is 16.4. The van der Waals surface area contributed by atoms with E-state index in [1.165, 1.54) is 0 Å². The topological polar surface area (TPSA) is 81.1 Å². The van der Waals surface area contributed by atoms with E-state index in [9.17, 15) is 9.90 Å². The molecule has 2 aromatic rings. The van der Waals surface area contributed by atoms with Gasteiger partial charge in [0.05, 0.1) is 22.8 Å². The lowest BCUT2D eigenvalue weighted by atomic mass is 9.62. The van der Waals surface area contributed by atoms with Gasteiger partial charge in [0.2, 0.25) is 0 Å². The first-order valence-electron chi connectivity index (χ1n) is 6.44. The summed E-state index contributed by atoms with van der Waals surface area (Å²) >= 11 is 0. The third-order valence-electron chi connectivity index (χ3n) is 4.38. The van der Waals surface area contributed by atoms with Crippen molar-refractivity contribution < 1.29 is 9.90 Å². The molecule has 1 aliphatic carbocycles. The largest absolute Gasteiger partial charge is 0.481 e. The lowest BCUT2D eigenvalue weighted by Gasteiger charge is -2.42. The van der Waals surface area contributed by atoms with Gasteiger partial charge in [-0.25, -0.2) is 4.98 Å². The minimum atomic E-state index is -0.789. The van der Waals surface area contributed by atoms with Gasteiger partial charge in [0.15, 0.2) is 0 Å². The van der Waals surface area contributed by atoms with Crippen LogP contribution in [-0.2, 0) is 11.8 Å². The Morgan fingerprint density at radius 3 is 2.84 bits per heavy atom. The molecule has 1 saturated carbocycles. The van der Waals surface area contributed by atoms with E-state index >= 15 is 0 Å². The van der Waals surface area contributed by atoms with Crippen LogP contribution in [0.4, 0.5) is 0 Å². The minimum absolute atomic E-state index is 0.467. The van der Waals surface area contributed by atoms with Crippen LogP contribution in [0.5, 0.6) is 0 Å². The number of carboxylic acid groups (broad SMARTS) is 1. The number of aromatic nitrogens is 2. The standard InChI is InChI=1S/C14H17N3O2/c1-17-8-16-10-7-9(3-4-11(10)17)12(15)14(13(18)19)5-2-6-14/h3-4,7-8,12H,2,5-6,15H2,1H3,(H,18,19). The number of hydrogen-bond donors (Lipinski definition) is 2. The molecule has 100 valence electrons. The van der Waals surface area contributed by atoms with E-state index in [0.29, 0.717) is 12.8 Å². The fraction of sp³-hybridized carbons (Fsp3) is 0.429. The molecule has 3 N–H and O–H groups in total. The molecule has 5 nitrogen and oxygen atoms in total. The maximum atomic E-state index is 11.5.